The Morgan fingerprint density at radius 2 is 1.85 bits per heavy atom. The Hall–Kier alpha value is -3.83. The highest BCUT2D eigenvalue weighted by Crippen LogP contribution is 2.39. The molecule has 12 heteroatoms. The van der Waals surface area contributed by atoms with Crippen LogP contribution in [-0.2, 0) is 22.4 Å². The van der Waals surface area contributed by atoms with Gasteiger partial charge >= 0.3 is 12.3 Å². The van der Waals surface area contributed by atoms with Crippen molar-refractivity contribution in [2.45, 2.75) is 50.8 Å². The molecule has 5 rings (SSSR count). The van der Waals surface area contributed by atoms with Crippen LogP contribution in [0.25, 0.3) is 11.0 Å². The SMILES string of the molecule is COC(=O)[C@@H]1CCc2[nH]c3ncc(F)c(C4CCN(C(=O)c5ccc(OC(F)(F)F)cc5N)CC4)c3c2CC1. The lowest BCUT2D eigenvalue weighted by atomic mass is 9.86. The van der Waals surface area contributed by atoms with Gasteiger partial charge < -0.3 is 25.1 Å². The third-order valence-corrected chi connectivity index (χ3v) is 7.70. The van der Waals surface area contributed by atoms with Crippen molar-refractivity contribution in [3.05, 3.63) is 52.6 Å². The van der Waals surface area contributed by atoms with Gasteiger partial charge in [-0.2, -0.15) is 0 Å². The molecule has 0 spiro atoms. The topological polar surface area (TPSA) is 111 Å². The third-order valence-electron chi connectivity index (χ3n) is 7.70. The molecule has 1 saturated heterocycles. The summed E-state index contributed by atoms with van der Waals surface area (Å²) in [5, 5.41) is 0.754. The number of benzene rings is 1. The number of nitrogens with two attached hydrogens (primary N) is 1. The molecule has 1 aliphatic carbocycles. The van der Waals surface area contributed by atoms with Gasteiger partial charge in [0.05, 0.1) is 24.8 Å². The highest BCUT2D eigenvalue weighted by Gasteiger charge is 2.33. The number of fused-ring (bicyclic) bond motifs is 3. The van der Waals surface area contributed by atoms with Crippen LogP contribution < -0.4 is 10.5 Å². The van der Waals surface area contributed by atoms with Crippen LogP contribution in [0, 0.1) is 11.7 Å². The summed E-state index contributed by atoms with van der Waals surface area (Å²) >= 11 is 0. The van der Waals surface area contributed by atoms with Crippen LogP contribution in [0.5, 0.6) is 5.75 Å². The number of halogens is 4. The smallest absolute Gasteiger partial charge is 0.469 e. The molecule has 1 atom stereocenters. The van der Waals surface area contributed by atoms with E-state index in [1.165, 1.54) is 19.4 Å². The second-order valence-corrected chi connectivity index (χ2v) is 9.99. The average Bonchev–Trinajstić information content (AvgIpc) is 3.11. The lowest BCUT2D eigenvalue weighted by molar-refractivity contribution is -0.274. The summed E-state index contributed by atoms with van der Waals surface area (Å²) in [4.78, 5) is 34.4. The number of carbonyl (C=O) groups is 2. The number of alkyl halides is 3. The summed E-state index contributed by atoms with van der Waals surface area (Å²) in [6.45, 7) is 0.647. The van der Waals surface area contributed by atoms with Gasteiger partial charge in [0.25, 0.3) is 5.91 Å². The van der Waals surface area contributed by atoms with Gasteiger partial charge in [0, 0.05) is 41.5 Å². The lowest BCUT2D eigenvalue weighted by Crippen LogP contribution is -2.38. The molecule has 2 aromatic heterocycles. The third kappa shape index (κ3) is 5.37. The maximum atomic E-state index is 15.3. The molecule has 0 saturated carbocycles. The largest absolute Gasteiger partial charge is 0.573 e. The molecule has 1 aliphatic heterocycles. The fourth-order valence-corrected chi connectivity index (χ4v) is 5.82. The number of H-pyrrole nitrogens is 1. The van der Waals surface area contributed by atoms with E-state index in [9.17, 15) is 22.8 Å². The zero-order valence-corrected chi connectivity index (χ0v) is 21.2. The normalized spacial score (nSPS) is 18.5. The van der Waals surface area contributed by atoms with E-state index in [0.29, 0.717) is 62.8 Å². The van der Waals surface area contributed by atoms with Gasteiger partial charge in [-0.3, -0.25) is 9.59 Å². The number of ether oxygens (including phenoxy) is 2. The number of amides is 1. The van der Waals surface area contributed by atoms with Gasteiger partial charge in [-0.25, -0.2) is 9.37 Å². The number of aromatic nitrogens is 2. The number of nitrogens with zero attached hydrogens (tertiary/aromatic N) is 2. The van der Waals surface area contributed by atoms with Crippen molar-refractivity contribution < 1.29 is 36.6 Å². The van der Waals surface area contributed by atoms with E-state index in [4.69, 9.17) is 10.5 Å². The van der Waals surface area contributed by atoms with Crippen LogP contribution in [-0.4, -0.2) is 53.3 Å². The fraction of sp³-hybridized carbons (Fsp3) is 0.444. The molecule has 3 aromatic rings. The van der Waals surface area contributed by atoms with Crippen molar-refractivity contribution in [2.75, 3.05) is 25.9 Å². The van der Waals surface area contributed by atoms with Crippen LogP contribution >= 0.6 is 0 Å². The summed E-state index contributed by atoms with van der Waals surface area (Å²) in [6, 6.07) is 3.24. The number of methoxy groups -OCH3 is 1. The molecule has 1 fully saturated rings. The second-order valence-electron chi connectivity index (χ2n) is 9.99. The summed E-state index contributed by atoms with van der Waals surface area (Å²) in [5.74, 6) is -1.95. The molecule has 0 radical (unpaired) electrons. The Bertz CT molecular complexity index is 1410. The van der Waals surface area contributed by atoms with Gasteiger partial charge in [0.2, 0.25) is 0 Å². The van der Waals surface area contributed by atoms with Crippen molar-refractivity contribution in [2.24, 2.45) is 5.92 Å². The van der Waals surface area contributed by atoms with Gasteiger partial charge in [0.1, 0.15) is 17.2 Å². The highest BCUT2D eigenvalue weighted by atomic mass is 19.4. The number of nitrogen functional groups attached to an aromatic ring is 1. The number of nitrogens with one attached hydrogen (secondary N) is 1. The predicted octanol–water partition coefficient (Wildman–Crippen LogP) is 4.87. The maximum absolute atomic E-state index is 15.3. The van der Waals surface area contributed by atoms with Gasteiger partial charge in [-0.05, 0) is 62.1 Å². The molecule has 8 nitrogen and oxygen atoms in total. The van der Waals surface area contributed by atoms with Crippen LogP contribution in [0.1, 0.15) is 58.8 Å². The highest BCUT2D eigenvalue weighted by molar-refractivity contribution is 5.99. The van der Waals surface area contributed by atoms with E-state index in [1.54, 1.807) is 4.90 Å². The number of hydrogen-bond donors (Lipinski definition) is 2. The minimum atomic E-state index is -4.87. The zero-order valence-electron chi connectivity index (χ0n) is 21.2. The van der Waals surface area contributed by atoms with E-state index < -0.39 is 23.8 Å². The number of hydrogen-bond acceptors (Lipinski definition) is 6. The molecule has 2 aliphatic rings. The van der Waals surface area contributed by atoms with E-state index in [0.717, 1.165) is 28.8 Å². The van der Waals surface area contributed by atoms with Crippen molar-refractivity contribution in [3.63, 3.8) is 0 Å². The first-order chi connectivity index (χ1) is 18.6. The molecule has 39 heavy (non-hydrogen) atoms. The van der Waals surface area contributed by atoms with Gasteiger partial charge in [-0.1, -0.05) is 0 Å². The van der Waals surface area contributed by atoms with E-state index in [1.807, 2.05) is 0 Å². The second kappa shape index (κ2) is 10.4. The molecule has 3 heterocycles. The van der Waals surface area contributed by atoms with Crippen LogP contribution in [0.3, 0.4) is 0 Å². The van der Waals surface area contributed by atoms with Crippen LogP contribution in [0.15, 0.2) is 24.4 Å². The Balaban J connectivity index is 1.34. The molecule has 0 unspecified atom stereocenters. The Labute approximate surface area is 221 Å². The standard InChI is InChI=1S/C27H28F4N4O4/c1-38-26(37)15-2-5-18-21(7-3-15)34-24-23(18)22(19(28)13-33-24)14-8-10-35(11-9-14)25(36)17-6-4-16(12-20(17)32)39-27(29,30)31/h4,6,12-15H,2-3,5,7-11,32H2,1H3,(H,33,34)/t15-/m0/s1. The number of likely N-dealkylation sites (tertiary alicyclic amines) is 1. The maximum Gasteiger partial charge on any atom is 0.573 e. The molecule has 208 valence electrons. The van der Waals surface area contributed by atoms with E-state index in [-0.39, 0.29) is 29.1 Å². The number of anilines is 1. The Kier molecular flexibility index (Phi) is 7.13. The minimum Gasteiger partial charge on any atom is -0.469 e. The summed E-state index contributed by atoms with van der Waals surface area (Å²) in [6.07, 6.45) is -0.210. The van der Waals surface area contributed by atoms with E-state index in [2.05, 4.69) is 14.7 Å². The van der Waals surface area contributed by atoms with E-state index >= 15 is 4.39 Å². The average molecular weight is 549 g/mol. The van der Waals surface area contributed by atoms with Crippen molar-refractivity contribution in [3.8, 4) is 5.75 Å². The molecule has 3 N–H and O–H groups in total. The molecule has 1 amide bonds. The zero-order chi connectivity index (χ0) is 27.9. The number of esters is 1. The van der Waals surface area contributed by atoms with Crippen molar-refractivity contribution in [1.29, 1.82) is 0 Å². The number of aryl methyl sites for hydroxylation is 2. The van der Waals surface area contributed by atoms with Crippen LogP contribution in [0.2, 0.25) is 0 Å². The van der Waals surface area contributed by atoms with Crippen molar-refractivity contribution >= 4 is 28.6 Å². The number of aromatic amines is 1. The number of piperidine rings is 1. The Morgan fingerprint density at radius 3 is 2.51 bits per heavy atom. The number of pyridine rings is 1. The Morgan fingerprint density at radius 1 is 1.13 bits per heavy atom. The fourth-order valence-electron chi connectivity index (χ4n) is 5.82. The number of rotatable bonds is 4. The van der Waals surface area contributed by atoms with Crippen molar-refractivity contribution in [1.82, 2.24) is 14.9 Å². The summed E-state index contributed by atoms with van der Waals surface area (Å²) < 4.78 is 61.6. The monoisotopic (exact) mass is 548 g/mol. The first-order valence-corrected chi connectivity index (χ1v) is 12.8. The quantitative estimate of drug-likeness (QED) is 0.208. The van der Waals surface area contributed by atoms with Crippen LogP contribution in [0.4, 0.5) is 23.2 Å². The molecule has 0 bridgehead atoms. The lowest BCUT2D eigenvalue weighted by Gasteiger charge is -2.33. The number of carbonyl (C=O) groups excluding carboxylic acids is 2. The first-order valence-electron chi connectivity index (χ1n) is 12.8. The van der Waals surface area contributed by atoms with Gasteiger partial charge in [-0.15, -0.1) is 13.2 Å². The first kappa shape index (κ1) is 26.8. The molecule has 1 aromatic carbocycles. The van der Waals surface area contributed by atoms with Gasteiger partial charge in [0.15, 0.2) is 0 Å². The predicted molar refractivity (Wildman–Crippen MR) is 134 cm³/mol. The summed E-state index contributed by atoms with van der Waals surface area (Å²) in [7, 11) is 1.38. The molecular formula is C27H28F4N4O4. The minimum absolute atomic E-state index is 0.0802. The summed E-state index contributed by atoms with van der Waals surface area (Å²) in [5.41, 5.74) is 8.94. The molecular weight excluding hydrogens is 520 g/mol.